The maximum absolute atomic E-state index is 2.35. The molecule has 3 rings (SSSR count). The average molecular weight is 305 g/mol. The molecule has 0 saturated heterocycles. The van der Waals surface area contributed by atoms with Crippen molar-refractivity contribution in [3.63, 3.8) is 0 Å². The maximum Gasteiger partial charge on any atom is 0.0541 e. The minimum atomic E-state index is 1.21. The zero-order valence-electron chi connectivity index (χ0n) is 15.1. The molecule has 0 aliphatic heterocycles. The minimum Gasteiger partial charge on any atom is -0.310 e. The lowest BCUT2D eigenvalue weighted by atomic mass is 10.1. The van der Waals surface area contributed by atoms with Gasteiger partial charge in [-0.2, -0.15) is 0 Å². The van der Waals surface area contributed by atoms with E-state index in [0.29, 0.717) is 0 Å². The van der Waals surface area contributed by atoms with E-state index in [1.165, 1.54) is 38.6 Å². The van der Waals surface area contributed by atoms with Gasteiger partial charge in [0.1, 0.15) is 0 Å². The Labute approximate surface area is 139 Å². The smallest absolute Gasteiger partial charge is 0.0541 e. The number of rotatable bonds is 2. The second kappa shape index (κ2) is 7.32. The molecular weight excluding hydrogens is 278 g/mol. The molecule has 0 spiro atoms. The zero-order valence-corrected chi connectivity index (χ0v) is 15.1. The molecule has 1 heterocycles. The van der Waals surface area contributed by atoms with Crippen LogP contribution in [0.3, 0.4) is 0 Å². The molecule has 2 aromatic carbocycles. The maximum atomic E-state index is 2.35. The van der Waals surface area contributed by atoms with Crippen LogP contribution in [0.4, 0.5) is 0 Å². The highest BCUT2D eigenvalue weighted by Crippen LogP contribution is 2.33. The van der Waals surface area contributed by atoms with E-state index in [1.54, 1.807) is 0 Å². The molecule has 0 atom stereocenters. The number of aryl methyl sites for hydroxylation is 2. The number of aromatic nitrogens is 1. The lowest BCUT2D eigenvalue weighted by molar-refractivity contribution is 1.23. The molecule has 3 aromatic rings. The Kier molecular flexibility index (Phi) is 5.44. The molecule has 1 nitrogen and oxygen atoms in total. The Morgan fingerprint density at radius 2 is 1.30 bits per heavy atom. The topological polar surface area (TPSA) is 4.93 Å². The lowest BCUT2D eigenvalue weighted by Crippen LogP contribution is -1.94. The monoisotopic (exact) mass is 305 g/mol. The molecule has 0 aliphatic rings. The minimum absolute atomic E-state index is 1.21. The van der Waals surface area contributed by atoms with Gasteiger partial charge in [0.25, 0.3) is 0 Å². The highest BCUT2D eigenvalue weighted by Gasteiger charge is 2.12. The van der Waals surface area contributed by atoms with E-state index < -0.39 is 0 Å². The van der Waals surface area contributed by atoms with Crippen molar-refractivity contribution < 1.29 is 0 Å². The number of nitrogens with zero attached hydrogens (tertiary/aromatic N) is 1. The van der Waals surface area contributed by atoms with Gasteiger partial charge < -0.3 is 4.57 Å². The van der Waals surface area contributed by atoms with Crippen molar-refractivity contribution in [3.8, 4) is 0 Å². The first-order chi connectivity index (χ1) is 11.2. The molecule has 0 radical (unpaired) electrons. The van der Waals surface area contributed by atoms with Crippen molar-refractivity contribution in [2.24, 2.45) is 0 Å². The normalized spacial score (nSPS) is 12.0. The standard InChI is InChI=1S/C20H21N.C2H6/c1-5-7-16(6-2)21-19-10-8-14(3)12-17(19)18-13-15(4)9-11-20(18)21;1-2/h5-13H,1-4H3;1-2H3/b7-5-,16-6+;. The Hall–Kier alpha value is -2.28. The molecule has 0 bridgehead atoms. The van der Waals surface area contributed by atoms with Crippen LogP contribution in [0, 0.1) is 13.8 Å². The van der Waals surface area contributed by atoms with Crippen molar-refractivity contribution in [3.05, 3.63) is 65.8 Å². The molecule has 0 fully saturated rings. The quantitative estimate of drug-likeness (QED) is 0.455. The summed E-state index contributed by atoms with van der Waals surface area (Å²) in [6.45, 7) is 12.5. The number of hydrogen-bond donors (Lipinski definition) is 0. The van der Waals surface area contributed by atoms with E-state index in [9.17, 15) is 0 Å². The van der Waals surface area contributed by atoms with Gasteiger partial charge in [0, 0.05) is 16.5 Å². The van der Waals surface area contributed by atoms with Crippen LogP contribution < -0.4 is 0 Å². The molecule has 0 amide bonds. The third kappa shape index (κ3) is 3.10. The number of hydrogen-bond acceptors (Lipinski definition) is 0. The number of allylic oxidation sites excluding steroid dienone is 4. The van der Waals surface area contributed by atoms with Crippen LogP contribution in [0.5, 0.6) is 0 Å². The van der Waals surface area contributed by atoms with Crippen LogP contribution in [0.2, 0.25) is 0 Å². The second-order valence-corrected chi connectivity index (χ2v) is 5.59. The lowest BCUT2D eigenvalue weighted by Gasteiger charge is -2.08. The van der Waals surface area contributed by atoms with Gasteiger partial charge in [0.15, 0.2) is 0 Å². The fourth-order valence-corrected chi connectivity index (χ4v) is 3.00. The van der Waals surface area contributed by atoms with Crippen LogP contribution in [0.15, 0.2) is 54.6 Å². The van der Waals surface area contributed by atoms with Crippen molar-refractivity contribution >= 4 is 27.5 Å². The van der Waals surface area contributed by atoms with Crippen LogP contribution >= 0.6 is 0 Å². The van der Waals surface area contributed by atoms with E-state index >= 15 is 0 Å². The molecule has 120 valence electrons. The molecule has 0 aliphatic carbocycles. The number of fused-ring (bicyclic) bond motifs is 3. The van der Waals surface area contributed by atoms with E-state index in [1.807, 2.05) is 13.8 Å². The van der Waals surface area contributed by atoms with E-state index in [4.69, 9.17) is 0 Å². The van der Waals surface area contributed by atoms with E-state index in [2.05, 4.69) is 86.9 Å². The summed E-state index contributed by atoms with van der Waals surface area (Å²) in [6.07, 6.45) is 6.42. The molecule has 23 heavy (non-hydrogen) atoms. The summed E-state index contributed by atoms with van der Waals surface area (Å²) in [6, 6.07) is 13.4. The first kappa shape index (κ1) is 17.1. The summed E-state index contributed by atoms with van der Waals surface area (Å²) in [5, 5.41) is 2.66. The summed E-state index contributed by atoms with van der Waals surface area (Å²) in [7, 11) is 0. The summed E-state index contributed by atoms with van der Waals surface area (Å²) in [4.78, 5) is 0. The average Bonchev–Trinajstić information content (AvgIpc) is 2.87. The molecule has 1 heteroatoms. The molecule has 1 aromatic heterocycles. The molecule has 0 saturated carbocycles. The van der Waals surface area contributed by atoms with Crippen molar-refractivity contribution in [1.82, 2.24) is 4.57 Å². The Morgan fingerprint density at radius 1 is 0.826 bits per heavy atom. The number of benzene rings is 2. The largest absolute Gasteiger partial charge is 0.310 e. The third-order valence-electron chi connectivity index (χ3n) is 3.97. The summed E-state index contributed by atoms with van der Waals surface area (Å²) in [5.74, 6) is 0. The molecule has 0 unspecified atom stereocenters. The SMILES string of the molecule is C/C=C\C(=C/C)n1c2ccc(C)cc2c2cc(C)ccc21.CC. The summed E-state index contributed by atoms with van der Waals surface area (Å²) in [5.41, 5.74) is 6.36. The van der Waals surface area contributed by atoms with Gasteiger partial charge >= 0.3 is 0 Å². The van der Waals surface area contributed by atoms with Crippen LogP contribution in [-0.4, -0.2) is 4.57 Å². The van der Waals surface area contributed by atoms with Crippen LogP contribution in [0.1, 0.15) is 38.8 Å². The predicted octanol–water partition coefficient (Wildman–Crippen LogP) is 6.87. The Balaban J connectivity index is 0.000000924. The van der Waals surface area contributed by atoms with Gasteiger partial charge in [-0.3, -0.25) is 0 Å². The van der Waals surface area contributed by atoms with Gasteiger partial charge in [-0.05, 0) is 58.0 Å². The van der Waals surface area contributed by atoms with Crippen molar-refractivity contribution in [2.75, 3.05) is 0 Å². The predicted molar refractivity (Wildman–Crippen MR) is 105 cm³/mol. The Bertz CT molecular complexity index is 817. The van der Waals surface area contributed by atoms with E-state index in [0.717, 1.165) is 0 Å². The van der Waals surface area contributed by atoms with Crippen molar-refractivity contribution in [1.29, 1.82) is 0 Å². The summed E-state index contributed by atoms with van der Waals surface area (Å²) < 4.78 is 2.35. The highest BCUT2D eigenvalue weighted by molar-refractivity contribution is 6.10. The first-order valence-electron chi connectivity index (χ1n) is 8.46. The van der Waals surface area contributed by atoms with Gasteiger partial charge in [-0.25, -0.2) is 0 Å². The van der Waals surface area contributed by atoms with Gasteiger partial charge in [-0.15, -0.1) is 0 Å². The molecule has 0 N–H and O–H groups in total. The van der Waals surface area contributed by atoms with Gasteiger partial charge in [0.05, 0.1) is 11.0 Å². The fraction of sp³-hybridized carbons (Fsp3) is 0.273. The summed E-state index contributed by atoms with van der Waals surface area (Å²) >= 11 is 0. The molecular formula is C22H27N. The zero-order chi connectivity index (χ0) is 17.0. The second-order valence-electron chi connectivity index (χ2n) is 5.59. The Morgan fingerprint density at radius 3 is 1.70 bits per heavy atom. The fourth-order valence-electron chi connectivity index (χ4n) is 3.00. The van der Waals surface area contributed by atoms with Gasteiger partial charge in [-0.1, -0.05) is 49.3 Å². The highest BCUT2D eigenvalue weighted by atomic mass is 15.0. The van der Waals surface area contributed by atoms with Crippen molar-refractivity contribution in [2.45, 2.75) is 41.5 Å². The van der Waals surface area contributed by atoms with Crippen LogP contribution in [0.25, 0.3) is 27.5 Å². The first-order valence-corrected chi connectivity index (χ1v) is 8.46. The van der Waals surface area contributed by atoms with E-state index in [-0.39, 0.29) is 0 Å². The van der Waals surface area contributed by atoms with Gasteiger partial charge in [0.2, 0.25) is 0 Å². The van der Waals surface area contributed by atoms with Crippen LogP contribution in [-0.2, 0) is 0 Å². The third-order valence-corrected chi connectivity index (χ3v) is 3.97.